The average Bonchev–Trinajstić information content (AvgIpc) is 3.06. The minimum absolute atomic E-state index is 0.100. The van der Waals surface area contributed by atoms with Crippen LogP contribution in [0.5, 0.6) is 0 Å². The van der Waals surface area contributed by atoms with E-state index in [1.54, 1.807) is 48.5 Å². The predicted molar refractivity (Wildman–Crippen MR) is 114 cm³/mol. The number of alkyl halides is 1. The number of amides is 1. The maximum absolute atomic E-state index is 16.9. The van der Waals surface area contributed by atoms with Crippen LogP contribution in [-0.4, -0.2) is 11.6 Å². The van der Waals surface area contributed by atoms with Crippen LogP contribution < -0.4 is 5.01 Å². The van der Waals surface area contributed by atoms with Crippen LogP contribution in [0.2, 0.25) is 0 Å². The highest BCUT2D eigenvalue weighted by Crippen LogP contribution is 2.42. The fourth-order valence-electron chi connectivity index (χ4n) is 3.83. The first-order valence-electron chi connectivity index (χ1n) is 9.41. The van der Waals surface area contributed by atoms with Crippen molar-refractivity contribution in [2.45, 2.75) is 5.67 Å². The minimum atomic E-state index is -2.39. The normalized spacial score (nSPS) is 18.9. The molecule has 140 valence electrons. The first kappa shape index (κ1) is 17.3. The third-order valence-electron chi connectivity index (χ3n) is 5.22. The topological polar surface area (TPSA) is 32.7 Å². The second-order valence-electron chi connectivity index (χ2n) is 6.95. The van der Waals surface area contributed by atoms with Crippen molar-refractivity contribution in [2.75, 3.05) is 5.01 Å². The number of hydrogen-bond acceptors (Lipinski definition) is 2. The van der Waals surface area contributed by atoms with Crippen molar-refractivity contribution in [1.82, 2.24) is 0 Å². The summed E-state index contributed by atoms with van der Waals surface area (Å²) in [5.74, 6) is -0.709. The van der Waals surface area contributed by atoms with Gasteiger partial charge in [0.1, 0.15) is 5.71 Å². The van der Waals surface area contributed by atoms with Crippen LogP contribution in [0.4, 0.5) is 10.1 Å². The number of para-hydroxylation sites is 1. The molecule has 29 heavy (non-hydrogen) atoms. The molecule has 0 bridgehead atoms. The molecule has 1 aliphatic heterocycles. The van der Waals surface area contributed by atoms with Crippen molar-refractivity contribution in [3.8, 4) is 0 Å². The second kappa shape index (κ2) is 6.67. The highest BCUT2D eigenvalue weighted by atomic mass is 19.1. The van der Waals surface area contributed by atoms with E-state index in [0.29, 0.717) is 22.2 Å². The summed E-state index contributed by atoms with van der Waals surface area (Å²) in [4.78, 5) is 13.5. The fraction of sp³-hybridized carbons (Fsp3) is 0.0400. The molecule has 0 spiro atoms. The number of fused-ring (bicyclic) bond motifs is 1. The SMILES string of the molecule is O=C1N(c2ccccc2)N=C(c2ccccc2)C1(F)c1cccc2ccccc12. The van der Waals surface area contributed by atoms with E-state index in [1.165, 1.54) is 5.01 Å². The Kier molecular flexibility index (Phi) is 3.98. The first-order chi connectivity index (χ1) is 14.2. The number of hydrazone groups is 1. The number of halogens is 1. The van der Waals surface area contributed by atoms with Gasteiger partial charge in [-0.1, -0.05) is 91.0 Å². The lowest BCUT2D eigenvalue weighted by molar-refractivity contribution is -0.125. The molecule has 5 rings (SSSR count). The summed E-state index contributed by atoms with van der Waals surface area (Å²) in [6, 6.07) is 30.9. The van der Waals surface area contributed by atoms with Gasteiger partial charge in [-0.25, -0.2) is 4.39 Å². The summed E-state index contributed by atoms with van der Waals surface area (Å²) in [6.07, 6.45) is 0. The molecule has 0 radical (unpaired) electrons. The molecule has 4 heteroatoms. The van der Waals surface area contributed by atoms with Crippen LogP contribution in [0.15, 0.2) is 108 Å². The molecule has 3 nitrogen and oxygen atoms in total. The van der Waals surface area contributed by atoms with Crippen LogP contribution in [0.3, 0.4) is 0 Å². The Balaban J connectivity index is 1.77. The van der Waals surface area contributed by atoms with E-state index in [1.807, 2.05) is 54.6 Å². The lowest BCUT2D eigenvalue weighted by Crippen LogP contribution is -2.40. The van der Waals surface area contributed by atoms with E-state index >= 15 is 4.39 Å². The Morgan fingerprint density at radius 3 is 2.10 bits per heavy atom. The molecule has 0 fully saturated rings. The Morgan fingerprint density at radius 2 is 1.34 bits per heavy atom. The zero-order chi connectivity index (χ0) is 19.8. The van der Waals surface area contributed by atoms with Gasteiger partial charge in [-0.2, -0.15) is 10.1 Å². The molecule has 1 aliphatic rings. The van der Waals surface area contributed by atoms with Crippen LogP contribution in [-0.2, 0) is 10.5 Å². The quantitative estimate of drug-likeness (QED) is 0.465. The van der Waals surface area contributed by atoms with Crippen molar-refractivity contribution in [3.05, 3.63) is 114 Å². The number of rotatable bonds is 3. The Bertz CT molecular complexity index is 1230. The third kappa shape index (κ3) is 2.64. The molecule has 0 N–H and O–H groups in total. The third-order valence-corrected chi connectivity index (χ3v) is 5.22. The average molecular weight is 380 g/mol. The number of hydrogen-bond donors (Lipinski definition) is 0. The molecule has 0 saturated heterocycles. The van der Waals surface area contributed by atoms with Gasteiger partial charge in [-0.3, -0.25) is 4.79 Å². The van der Waals surface area contributed by atoms with Crippen molar-refractivity contribution < 1.29 is 9.18 Å². The lowest BCUT2D eigenvalue weighted by atomic mass is 9.84. The molecule has 4 aromatic carbocycles. The van der Waals surface area contributed by atoms with Crippen molar-refractivity contribution in [1.29, 1.82) is 0 Å². The van der Waals surface area contributed by atoms with Gasteiger partial charge < -0.3 is 0 Å². The highest BCUT2D eigenvalue weighted by molar-refractivity contribution is 6.28. The van der Waals surface area contributed by atoms with E-state index in [0.717, 1.165) is 5.39 Å². The van der Waals surface area contributed by atoms with Gasteiger partial charge in [0.25, 0.3) is 11.6 Å². The van der Waals surface area contributed by atoms with Gasteiger partial charge in [-0.15, -0.1) is 0 Å². The molecular formula is C25H17FN2O. The second-order valence-corrected chi connectivity index (χ2v) is 6.95. The molecule has 1 amide bonds. The summed E-state index contributed by atoms with van der Waals surface area (Å²) in [5.41, 5.74) is -0.872. The molecule has 1 heterocycles. The summed E-state index contributed by atoms with van der Waals surface area (Å²) in [6.45, 7) is 0. The first-order valence-corrected chi connectivity index (χ1v) is 9.41. The molecule has 0 saturated carbocycles. The summed E-state index contributed by atoms with van der Waals surface area (Å²) >= 11 is 0. The summed E-state index contributed by atoms with van der Waals surface area (Å²) in [7, 11) is 0. The zero-order valence-corrected chi connectivity index (χ0v) is 15.5. The van der Waals surface area contributed by atoms with Crippen molar-refractivity contribution in [3.63, 3.8) is 0 Å². The van der Waals surface area contributed by atoms with E-state index in [-0.39, 0.29) is 5.71 Å². The van der Waals surface area contributed by atoms with Gasteiger partial charge >= 0.3 is 0 Å². The van der Waals surface area contributed by atoms with Crippen molar-refractivity contribution >= 4 is 28.1 Å². The van der Waals surface area contributed by atoms with E-state index in [4.69, 9.17) is 0 Å². The van der Waals surface area contributed by atoms with Crippen molar-refractivity contribution in [2.24, 2.45) is 5.10 Å². The van der Waals surface area contributed by atoms with Crippen LogP contribution in [0.1, 0.15) is 11.1 Å². The van der Waals surface area contributed by atoms with E-state index in [2.05, 4.69) is 5.10 Å². The van der Waals surface area contributed by atoms with Gasteiger partial charge in [0.15, 0.2) is 0 Å². The number of nitrogens with zero attached hydrogens (tertiary/aromatic N) is 2. The zero-order valence-electron chi connectivity index (χ0n) is 15.5. The van der Waals surface area contributed by atoms with Crippen LogP contribution in [0, 0.1) is 0 Å². The van der Waals surface area contributed by atoms with Crippen LogP contribution >= 0.6 is 0 Å². The molecule has 1 atom stereocenters. The molecule has 4 aromatic rings. The molecule has 0 aliphatic carbocycles. The van der Waals surface area contributed by atoms with Gasteiger partial charge in [-0.05, 0) is 22.9 Å². The fourth-order valence-corrected chi connectivity index (χ4v) is 3.83. The lowest BCUT2D eigenvalue weighted by Gasteiger charge is -2.23. The molecular weight excluding hydrogens is 363 g/mol. The minimum Gasteiger partial charge on any atom is -0.268 e. The number of anilines is 1. The maximum atomic E-state index is 16.9. The van der Waals surface area contributed by atoms with E-state index < -0.39 is 11.6 Å². The molecule has 1 unspecified atom stereocenters. The summed E-state index contributed by atoms with van der Waals surface area (Å²) in [5, 5.41) is 7.22. The number of carbonyl (C=O) groups is 1. The monoisotopic (exact) mass is 380 g/mol. The Hall–Kier alpha value is -3.79. The maximum Gasteiger partial charge on any atom is 0.296 e. The van der Waals surface area contributed by atoms with Gasteiger partial charge in [0, 0.05) is 11.1 Å². The number of carbonyl (C=O) groups excluding carboxylic acids is 1. The largest absolute Gasteiger partial charge is 0.296 e. The number of benzene rings is 4. The predicted octanol–water partition coefficient (Wildman–Crippen LogP) is 5.46. The van der Waals surface area contributed by atoms with Gasteiger partial charge in [0.05, 0.1) is 5.69 Å². The Morgan fingerprint density at radius 1 is 0.724 bits per heavy atom. The van der Waals surface area contributed by atoms with E-state index in [9.17, 15) is 4.79 Å². The van der Waals surface area contributed by atoms with Gasteiger partial charge in [0.2, 0.25) is 0 Å². The summed E-state index contributed by atoms with van der Waals surface area (Å²) < 4.78 is 16.9. The standard InChI is InChI=1S/C25H17FN2O/c26-25(22-17-9-13-18-10-7-8-16-21(18)22)23(19-11-3-1-4-12-19)27-28(24(25)29)20-14-5-2-6-15-20/h1-17H. The molecule has 0 aromatic heterocycles. The highest BCUT2D eigenvalue weighted by Gasteiger charge is 2.55. The Labute approximate surface area is 167 Å². The van der Waals surface area contributed by atoms with Crippen LogP contribution in [0.25, 0.3) is 10.8 Å². The smallest absolute Gasteiger partial charge is 0.268 e.